The number of phenols is 1. The zero-order chi connectivity index (χ0) is 28.8. The highest BCUT2D eigenvalue weighted by Crippen LogP contribution is 2.55. The average Bonchev–Trinajstić information content (AvgIpc) is 3.64. The number of rotatable bonds is 7. The Hall–Kier alpha value is -3.95. The topological polar surface area (TPSA) is 98.7 Å². The molecule has 3 heterocycles. The molecule has 3 aliphatic heterocycles. The van der Waals surface area contributed by atoms with Gasteiger partial charge in [-0.2, -0.15) is 0 Å². The number of ether oxygens (including phenoxy) is 5. The molecule has 7 rings (SSSR count). The summed E-state index contributed by atoms with van der Waals surface area (Å²) in [6, 6.07) is 18.5. The molecule has 0 radical (unpaired) electrons. The van der Waals surface area contributed by atoms with Crippen LogP contribution in [0.25, 0.3) is 0 Å². The van der Waals surface area contributed by atoms with Gasteiger partial charge in [-0.05, 0) is 72.5 Å². The summed E-state index contributed by atoms with van der Waals surface area (Å²) in [5.41, 5.74) is 4.21. The van der Waals surface area contributed by atoms with Gasteiger partial charge in [0.1, 0.15) is 0 Å². The Labute approximate surface area is 245 Å². The third-order valence-corrected chi connectivity index (χ3v) is 9.30. The van der Waals surface area contributed by atoms with E-state index in [4.69, 9.17) is 23.7 Å². The van der Waals surface area contributed by atoms with Crippen LogP contribution in [-0.2, 0) is 16.1 Å². The van der Waals surface area contributed by atoms with Crippen LogP contribution in [0.3, 0.4) is 0 Å². The number of hydrogen-bond donors (Lipinski definition) is 2. The van der Waals surface area contributed by atoms with Crippen molar-refractivity contribution in [3.05, 3.63) is 76.9 Å². The number of nitrogens with one attached hydrogen (secondary N) is 1. The first-order valence-electron chi connectivity index (χ1n) is 14.6. The highest BCUT2D eigenvalue weighted by molar-refractivity contribution is 5.79. The van der Waals surface area contributed by atoms with Crippen molar-refractivity contribution in [3.8, 4) is 28.7 Å². The van der Waals surface area contributed by atoms with Gasteiger partial charge in [0.2, 0.25) is 12.5 Å². The highest BCUT2D eigenvalue weighted by Gasteiger charge is 2.53. The fourth-order valence-corrected chi connectivity index (χ4v) is 7.22. The molecule has 3 aromatic rings. The van der Waals surface area contributed by atoms with Crippen LogP contribution in [0.4, 0.5) is 0 Å². The first kappa shape index (κ1) is 26.9. The van der Waals surface area contributed by atoms with Crippen LogP contribution < -0.4 is 24.3 Å². The Morgan fingerprint density at radius 1 is 0.929 bits per heavy atom. The zero-order valence-corrected chi connectivity index (χ0v) is 23.9. The molecule has 4 atom stereocenters. The van der Waals surface area contributed by atoms with Gasteiger partial charge in [0.25, 0.3) is 0 Å². The van der Waals surface area contributed by atoms with Gasteiger partial charge >= 0.3 is 5.97 Å². The van der Waals surface area contributed by atoms with Crippen LogP contribution in [0, 0.1) is 11.8 Å². The summed E-state index contributed by atoms with van der Waals surface area (Å²) in [5, 5.41) is 14.6. The second-order valence-electron chi connectivity index (χ2n) is 11.6. The number of likely N-dealkylation sites (tertiary alicyclic amines) is 1. The highest BCUT2D eigenvalue weighted by atomic mass is 16.7. The largest absolute Gasteiger partial charge is 0.502 e. The van der Waals surface area contributed by atoms with E-state index in [1.54, 1.807) is 12.1 Å². The molecule has 0 saturated carbocycles. The van der Waals surface area contributed by atoms with E-state index in [9.17, 15) is 9.90 Å². The van der Waals surface area contributed by atoms with Gasteiger partial charge in [0, 0.05) is 30.5 Å². The molecule has 0 spiro atoms. The van der Waals surface area contributed by atoms with Crippen LogP contribution in [0.15, 0.2) is 54.6 Å². The molecule has 0 amide bonds. The van der Waals surface area contributed by atoms with Crippen LogP contribution in [0.2, 0.25) is 0 Å². The third kappa shape index (κ3) is 4.70. The number of methoxy groups -OCH3 is 2. The number of carbonyl (C=O) groups is 1. The lowest BCUT2D eigenvalue weighted by Gasteiger charge is -2.42. The first-order chi connectivity index (χ1) is 20.5. The third-order valence-electron chi connectivity index (χ3n) is 9.30. The number of fused-ring (bicyclic) bond motifs is 3. The summed E-state index contributed by atoms with van der Waals surface area (Å²) in [5.74, 6) is 0.808. The van der Waals surface area contributed by atoms with Crippen LogP contribution >= 0.6 is 0 Å². The predicted molar refractivity (Wildman–Crippen MR) is 154 cm³/mol. The van der Waals surface area contributed by atoms with Crippen LogP contribution in [0.5, 0.6) is 28.7 Å². The van der Waals surface area contributed by atoms with Crippen molar-refractivity contribution in [2.45, 2.75) is 37.4 Å². The molecular formula is C33H36N2O7. The Bertz CT molecular complexity index is 1450. The van der Waals surface area contributed by atoms with Crippen molar-refractivity contribution >= 4 is 5.97 Å². The summed E-state index contributed by atoms with van der Waals surface area (Å²) in [6.45, 7) is 3.47. The molecule has 1 aliphatic carbocycles. The molecule has 0 bridgehead atoms. The first-order valence-corrected chi connectivity index (χ1v) is 14.6. The van der Waals surface area contributed by atoms with Gasteiger partial charge in [-0.25, -0.2) is 0 Å². The quantitative estimate of drug-likeness (QED) is 0.400. The fourth-order valence-electron chi connectivity index (χ4n) is 7.22. The number of hydrogen-bond acceptors (Lipinski definition) is 9. The predicted octanol–water partition coefficient (Wildman–Crippen LogP) is 4.37. The molecule has 2 N–H and O–H groups in total. The smallest absolute Gasteiger partial charge is 0.310 e. The molecular weight excluding hydrogens is 536 g/mol. The minimum Gasteiger partial charge on any atom is -0.502 e. The van der Waals surface area contributed by atoms with Gasteiger partial charge in [-0.3, -0.25) is 9.69 Å². The second kappa shape index (κ2) is 11.0. The van der Waals surface area contributed by atoms with Crippen molar-refractivity contribution in [1.82, 2.24) is 10.2 Å². The van der Waals surface area contributed by atoms with E-state index >= 15 is 0 Å². The van der Waals surface area contributed by atoms with Gasteiger partial charge in [-0.1, -0.05) is 30.3 Å². The standard InChI is InChI=1S/C33H36N2O7/c1-38-27-12-20(13-28(39-2)32(27)36)29-22-14-25-26(42-18-41-25)15-23(22)31(24-17-40-33(37)30(24)29)34-21-8-10-35(11-9-21)16-19-6-4-3-5-7-19/h3-7,12-15,21,24,29-31,34,36H,8-11,16-18H2,1-2H3/t24-,29+,30-,31+/m0/s1. The van der Waals surface area contributed by atoms with E-state index in [2.05, 4.69) is 46.6 Å². The van der Waals surface area contributed by atoms with Gasteiger partial charge in [0.05, 0.1) is 26.7 Å². The summed E-state index contributed by atoms with van der Waals surface area (Å²) in [7, 11) is 3.01. The van der Waals surface area contributed by atoms with Gasteiger partial charge in [0.15, 0.2) is 23.0 Å². The number of phenolic OH excluding ortho intramolecular Hbond substituents is 1. The van der Waals surface area contributed by atoms with E-state index in [0.717, 1.165) is 49.2 Å². The Balaban J connectivity index is 1.22. The number of aromatic hydroxyl groups is 1. The summed E-state index contributed by atoms with van der Waals surface area (Å²) >= 11 is 0. The van der Waals surface area contributed by atoms with Crippen molar-refractivity contribution in [2.24, 2.45) is 11.8 Å². The van der Waals surface area contributed by atoms with Crippen LogP contribution in [-0.4, -0.2) is 62.7 Å². The maximum Gasteiger partial charge on any atom is 0.310 e. The normalized spacial score (nSPS) is 25.0. The summed E-state index contributed by atoms with van der Waals surface area (Å²) in [4.78, 5) is 15.9. The number of piperidine rings is 1. The molecule has 0 unspecified atom stereocenters. The Kier molecular flexibility index (Phi) is 7.07. The van der Waals surface area contributed by atoms with Crippen LogP contribution in [0.1, 0.15) is 47.1 Å². The number of esters is 1. The minimum absolute atomic E-state index is 0.0748. The lowest BCUT2D eigenvalue weighted by molar-refractivity contribution is -0.141. The van der Waals surface area contributed by atoms with E-state index < -0.39 is 5.92 Å². The van der Waals surface area contributed by atoms with E-state index in [-0.39, 0.29) is 47.9 Å². The average molecular weight is 573 g/mol. The van der Waals surface area contributed by atoms with E-state index in [1.165, 1.54) is 19.8 Å². The number of nitrogens with zero attached hydrogens (tertiary/aromatic N) is 1. The lowest BCUT2D eigenvalue weighted by atomic mass is 9.65. The Morgan fingerprint density at radius 2 is 1.60 bits per heavy atom. The lowest BCUT2D eigenvalue weighted by Crippen LogP contribution is -2.48. The summed E-state index contributed by atoms with van der Waals surface area (Å²) in [6.07, 6.45) is 2.04. The van der Waals surface area contributed by atoms with Gasteiger partial charge in [-0.15, -0.1) is 0 Å². The molecule has 2 fully saturated rings. The van der Waals surface area contributed by atoms with Crippen molar-refractivity contribution in [1.29, 1.82) is 0 Å². The number of carbonyl (C=O) groups excluding carboxylic acids is 1. The molecule has 220 valence electrons. The Morgan fingerprint density at radius 3 is 2.26 bits per heavy atom. The molecule has 2 saturated heterocycles. The maximum absolute atomic E-state index is 13.4. The molecule has 3 aromatic carbocycles. The van der Waals surface area contributed by atoms with E-state index in [1.807, 2.05) is 6.07 Å². The second-order valence-corrected chi connectivity index (χ2v) is 11.6. The fraction of sp³-hybridized carbons (Fsp3) is 0.424. The summed E-state index contributed by atoms with van der Waals surface area (Å²) < 4.78 is 28.3. The monoisotopic (exact) mass is 572 g/mol. The molecule has 0 aromatic heterocycles. The van der Waals surface area contributed by atoms with E-state index in [0.29, 0.717) is 24.1 Å². The number of benzene rings is 3. The van der Waals surface area contributed by atoms with Crippen molar-refractivity contribution < 1.29 is 33.6 Å². The maximum atomic E-state index is 13.4. The number of cyclic esters (lactones) is 1. The minimum atomic E-state index is -0.424. The zero-order valence-electron chi connectivity index (χ0n) is 23.9. The van der Waals surface area contributed by atoms with Crippen molar-refractivity contribution in [2.75, 3.05) is 40.7 Å². The van der Waals surface area contributed by atoms with Crippen molar-refractivity contribution in [3.63, 3.8) is 0 Å². The molecule has 9 heteroatoms. The molecule has 42 heavy (non-hydrogen) atoms. The van der Waals surface area contributed by atoms with Gasteiger partial charge < -0.3 is 34.1 Å². The molecule has 4 aliphatic rings. The SMILES string of the molecule is COc1cc([C@@H]2c3cc4c(cc3[C@@H](NC3CCN(Cc5ccccc5)CC3)[C@H]3COC(=O)[C@H]23)OCO4)cc(OC)c1O. The molecule has 9 nitrogen and oxygen atoms in total.